The van der Waals surface area contributed by atoms with E-state index in [0.29, 0.717) is 11.5 Å². The van der Waals surface area contributed by atoms with Crippen molar-refractivity contribution >= 4 is 44.9 Å². The molecule has 3 rings (SSSR count). The van der Waals surface area contributed by atoms with Crippen LogP contribution in [0.5, 0.6) is 0 Å². The first-order chi connectivity index (χ1) is 13.1. The molecule has 0 radical (unpaired) electrons. The van der Waals surface area contributed by atoms with Crippen LogP contribution in [0, 0.1) is 5.92 Å². The van der Waals surface area contributed by atoms with E-state index in [0.717, 1.165) is 33.3 Å². The molecule has 2 aromatic carbocycles. The number of thiazole rings is 1. The summed E-state index contributed by atoms with van der Waals surface area (Å²) in [4.78, 5) is 16.9. The molecule has 0 fully saturated rings. The second-order valence-corrected chi connectivity index (χ2v) is 8.69. The Morgan fingerprint density at radius 1 is 1.22 bits per heavy atom. The van der Waals surface area contributed by atoms with E-state index >= 15 is 0 Å². The van der Waals surface area contributed by atoms with Crippen molar-refractivity contribution in [3.05, 3.63) is 59.7 Å². The molecule has 0 saturated carbocycles. The molecule has 0 aliphatic rings. The highest BCUT2D eigenvalue weighted by atomic mass is 32.2. The molecule has 1 amide bonds. The van der Waals surface area contributed by atoms with Crippen molar-refractivity contribution in [1.29, 1.82) is 0 Å². The van der Waals surface area contributed by atoms with E-state index in [1.165, 1.54) is 4.70 Å². The molecule has 0 spiro atoms. The Morgan fingerprint density at radius 2 is 1.96 bits per heavy atom. The van der Waals surface area contributed by atoms with Gasteiger partial charge in [0.25, 0.3) is 5.91 Å². The summed E-state index contributed by atoms with van der Waals surface area (Å²) >= 11 is 3.43. The largest absolute Gasteiger partial charge is 0.271 e. The molecule has 0 saturated heterocycles. The van der Waals surface area contributed by atoms with E-state index in [9.17, 15) is 4.79 Å². The molecule has 6 heteroatoms. The number of nitrogens with zero attached hydrogens (tertiary/aromatic N) is 2. The SMILES string of the molecule is CC[C@@H](C)/C(C)=N\NC(=O)c1ccc(CSc2nc3ccccc3s2)cc1. The number of para-hydroxylation sites is 1. The summed E-state index contributed by atoms with van der Waals surface area (Å²) in [5, 5.41) is 4.20. The van der Waals surface area contributed by atoms with Crippen LogP contribution in [-0.2, 0) is 5.75 Å². The van der Waals surface area contributed by atoms with Crippen LogP contribution in [0.25, 0.3) is 10.2 Å². The third-order valence-electron chi connectivity index (χ3n) is 4.51. The van der Waals surface area contributed by atoms with Crippen molar-refractivity contribution in [2.24, 2.45) is 11.0 Å². The minimum atomic E-state index is -0.178. The first-order valence-electron chi connectivity index (χ1n) is 8.98. The molecule has 1 aromatic heterocycles. The Labute approximate surface area is 168 Å². The number of amides is 1. The third-order valence-corrected chi connectivity index (χ3v) is 6.76. The number of carbonyl (C=O) groups is 1. The fourth-order valence-corrected chi connectivity index (χ4v) is 4.44. The zero-order chi connectivity index (χ0) is 19.2. The number of hydrogen-bond donors (Lipinski definition) is 1. The van der Waals surface area contributed by atoms with Gasteiger partial charge in [0.2, 0.25) is 0 Å². The third kappa shape index (κ3) is 5.17. The summed E-state index contributed by atoms with van der Waals surface area (Å²) < 4.78 is 2.27. The maximum atomic E-state index is 12.2. The van der Waals surface area contributed by atoms with Crippen molar-refractivity contribution in [1.82, 2.24) is 10.4 Å². The molecule has 0 aliphatic heterocycles. The molecule has 1 atom stereocenters. The monoisotopic (exact) mass is 397 g/mol. The first-order valence-corrected chi connectivity index (χ1v) is 10.8. The Bertz CT molecular complexity index is 914. The number of benzene rings is 2. The molecule has 1 heterocycles. The van der Waals surface area contributed by atoms with Crippen LogP contribution in [0.15, 0.2) is 58.0 Å². The molecule has 27 heavy (non-hydrogen) atoms. The summed E-state index contributed by atoms with van der Waals surface area (Å²) in [6, 6.07) is 15.8. The summed E-state index contributed by atoms with van der Waals surface area (Å²) in [6.45, 7) is 6.15. The van der Waals surface area contributed by atoms with Crippen LogP contribution in [0.4, 0.5) is 0 Å². The van der Waals surface area contributed by atoms with Gasteiger partial charge < -0.3 is 0 Å². The maximum absolute atomic E-state index is 12.2. The maximum Gasteiger partial charge on any atom is 0.271 e. The highest BCUT2D eigenvalue weighted by Gasteiger charge is 2.08. The second-order valence-electron chi connectivity index (χ2n) is 6.44. The van der Waals surface area contributed by atoms with Crippen LogP contribution in [0.1, 0.15) is 43.1 Å². The van der Waals surface area contributed by atoms with E-state index in [1.807, 2.05) is 49.4 Å². The zero-order valence-corrected chi connectivity index (χ0v) is 17.4. The van der Waals surface area contributed by atoms with Crippen molar-refractivity contribution in [3.63, 3.8) is 0 Å². The van der Waals surface area contributed by atoms with Crippen molar-refractivity contribution in [3.8, 4) is 0 Å². The van der Waals surface area contributed by atoms with Crippen LogP contribution in [0.2, 0.25) is 0 Å². The lowest BCUT2D eigenvalue weighted by Crippen LogP contribution is -2.20. The molecule has 0 aliphatic carbocycles. The number of aromatic nitrogens is 1. The van der Waals surface area contributed by atoms with Gasteiger partial charge >= 0.3 is 0 Å². The first kappa shape index (κ1) is 19.6. The van der Waals surface area contributed by atoms with Gasteiger partial charge in [0.15, 0.2) is 4.34 Å². The standard InChI is InChI=1S/C21H23N3OS2/c1-4-14(2)15(3)23-24-20(25)17-11-9-16(10-12-17)13-26-21-22-18-7-5-6-8-19(18)27-21/h5-12,14H,4,13H2,1-3H3,(H,24,25)/b23-15-/t14-/m1/s1. The van der Waals surface area contributed by atoms with Crippen LogP contribution < -0.4 is 5.43 Å². The van der Waals surface area contributed by atoms with Gasteiger partial charge in [-0.25, -0.2) is 10.4 Å². The summed E-state index contributed by atoms with van der Waals surface area (Å²) in [6.07, 6.45) is 1.01. The van der Waals surface area contributed by atoms with Gasteiger partial charge in [-0.15, -0.1) is 11.3 Å². The quantitative estimate of drug-likeness (QED) is 0.314. The Morgan fingerprint density at radius 3 is 2.67 bits per heavy atom. The molecular weight excluding hydrogens is 374 g/mol. The molecule has 0 unspecified atom stereocenters. The van der Waals surface area contributed by atoms with E-state index in [-0.39, 0.29) is 5.91 Å². The lowest BCUT2D eigenvalue weighted by molar-refractivity contribution is 0.0954. The highest BCUT2D eigenvalue weighted by molar-refractivity contribution is 8.00. The normalized spacial score (nSPS) is 12.9. The van der Waals surface area contributed by atoms with Gasteiger partial charge in [0, 0.05) is 17.0 Å². The Kier molecular flexibility index (Phi) is 6.63. The lowest BCUT2D eigenvalue weighted by Gasteiger charge is -2.08. The van der Waals surface area contributed by atoms with E-state index in [4.69, 9.17) is 0 Å². The number of carbonyl (C=O) groups excluding carboxylic acids is 1. The number of hydrazone groups is 1. The minimum absolute atomic E-state index is 0.178. The second kappa shape index (κ2) is 9.15. The van der Waals surface area contributed by atoms with Crippen molar-refractivity contribution in [2.75, 3.05) is 0 Å². The van der Waals surface area contributed by atoms with Gasteiger partial charge in [0.1, 0.15) is 0 Å². The summed E-state index contributed by atoms with van der Waals surface area (Å²) in [5.74, 6) is 1.02. The molecule has 4 nitrogen and oxygen atoms in total. The molecule has 3 aromatic rings. The summed E-state index contributed by atoms with van der Waals surface area (Å²) in [5.41, 5.74) is 6.41. The van der Waals surface area contributed by atoms with Crippen LogP contribution in [-0.4, -0.2) is 16.6 Å². The van der Waals surface area contributed by atoms with Gasteiger partial charge in [-0.05, 0) is 49.1 Å². The average molecular weight is 398 g/mol. The van der Waals surface area contributed by atoms with Gasteiger partial charge in [0.05, 0.1) is 10.2 Å². The predicted molar refractivity (Wildman–Crippen MR) is 116 cm³/mol. The average Bonchev–Trinajstić information content (AvgIpc) is 3.13. The van der Waals surface area contributed by atoms with Crippen LogP contribution in [0.3, 0.4) is 0 Å². The highest BCUT2D eigenvalue weighted by Crippen LogP contribution is 2.31. The van der Waals surface area contributed by atoms with Gasteiger partial charge in [-0.1, -0.05) is 49.9 Å². The number of hydrogen-bond acceptors (Lipinski definition) is 5. The molecule has 140 valence electrons. The fourth-order valence-electron chi connectivity index (χ4n) is 2.42. The predicted octanol–water partition coefficient (Wildman–Crippen LogP) is 5.74. The Balaban J connectivity index is 1.57. The number of fused-ring (bicyclic) bond motifs is 1. The van der Waals surface area contributed by atoms with Crippen molar-refractivity contribution < 1.29 is 4.79 Å². The summed E-state index contributed by atoms with van der Waals surface area (Å²) in [7, 11) is 0. The zero-order valence-electron chi connectivity index (χ0n) is 15.7. The number of thioether (sulfide) groups is 1. The molecule has 1 N–H and O–H groups in total. The minimum Gasteiger partial charge on any atom is -0.267 e. The lowest BCUT2D eigenvalue weighted by atomic mass is 10.1. The van der Waals surface area contributed by atoms with Crippen LogP contribution >= 0.6 is 23.1 Å². The number of nitrogens with one attached hydrogen (secondary N) is 1. The van der Waals surface area contributed by atoms with Gasteiger partial charge in [-0.3, -0.25) is 4.79 Å². The molecular formula is C21H23N3OS2. The Hall–Kier alpha value is -2.18. The topological polar surface area (TPSA) is 54.4 Å². The molecule has 0 bridgehead atoms. The van der Waals surface area contributed by atoms with E-state index in [1.54, 1.807) is 23.1 Å². The van der Waals surface area contributed by atoms with E-state index in [2.05, 4.69) is 35.4 Å². The number of rotatable bonds is 7. The van der Waals surface area contributed by atoms with Crippen molar-refractivity contribution in [2.45, 2.75) is 37.3 Å². The smallest absolute Gasteiger partial charge is 0.267 e. The van der Waals surface area contributed by atoms with E-state index < -0.39 is 0 Å². The fraction of sp³-hybridized carbons (Fsp3) is 0.286. The van der Waals surface area contributed by atoms with Gasteiger partial charge in [-0.2, -0.15) is 5.10 Å².